The molecule has 4 aliphatic rings. The normalized spacial score (nSPS) is 25.4. The summed E-state index contributed by atoms with van der Waals surface area (Å²) in [4.78, 5) is 43.6. The van der Waals surface area contributed by atoms with Crippen molar-refractivity contribution in [2.45, 2.75) is 51.2 Å². The average molecular weight is 454 g/mol. The summed E-state index contributed by atoms with van der Waals surface area (Å²) in [5, 5.41) is 5.80. The Morgan fingerprint density at radius 3 is 2.48 bits per heavy atom. The minimum atomic E-state index is -0.554. The van der Waals surface area contributed by atoms with Gasteiger partial charge in [-0.3, -0.25) is 24.6 Å². The topological polar surface area (TPSA) is 85.0 Å². The lowest BCUT2D eigenvalue weighted by Gasteiger charge is -2.34. The summed E-state index contributed by atoms with van der Waals surface area (Å²) in [6.45, 7) is 9.30. The third-order valence-electron chi connectivity index (χ3n) is 7.84. The molecule has 1 atom stereocenters. The molecule has 3 saturated heterocycles. The molecule has 1 unspecified atom stereocenters. The number of hydrogen-bond acceptors (Lipinski definition) is 6. The molecule has 0 radical (unpaired) electrons. The van der Waals surface area contributed by atoms with Gasteiger partial charge in [-0.1, -0.05) is 12.1 Å². The number of benzene rings is 1. The first-order valence-corrected chi connectivity index (χ1v) is 12.5. The molecule has 1 aromatic carbocycles. The van der Waals surface area contributed by atoms with E-state index in [0.29, 0.717) is 18.5 Å². The number of likely N-dealkylation sites (tertiary alicyclic amines) is 1. The maximum atomic E-state index is 13.1. The van der Waals surface area contributed by atoms with Crippen LogP contribution >= 0.6 is 0 Å². The van der Waals surface area contributed by atoms with Crippen LogP contribution in [0.25, 0.3) is 0 Å². The van der Waals surface area contributed by atoms with E-state index in [2.05, 4.69) is 26.5 Å². The number of nitrogens with zero attached hydrogens (tertiary/aromatic N) is 3. The van der Waals surface area contributed by atoms with E-state index in [0.717, 1.165) is 44.2 Å². The smallest absolute Gasteiger partial charge is 0.255 e. The molecule has 5 rings (SSSR count). The number of hydrogen-bond donors (Lipinski definition) is 2. The van der Waals surface area contributed by atoms with E-state index in [1.807, 2.05) is 12.1 Å². The van der Waals surface area contributed by atoms with Gasteiger partial charge in [-0.05, 0) is 68.4 Å². The van der Waals surface area contributed by atoms with Crippen molar-refractivity contribution < 1.29 is 14.4 Å². The fourth-order valence-electron chi connectivity index (χ4n) is 5.77. The predicted molar refractivity (Wildman–Crippen MR) is 124 cm³/mol. The van der Waals surface area contributed by atoms with Crippen LogP contribution in [0.3, 0.4) is 0 Å². The third-order valence-corrected chi connectivity index (χ3v) is 7.84. The van der Waals surface area contributed by atoms with Crippen molar-refractivity contribution in [2.75, 3.05) is 45.8 Å². The number of piperidine rings is 2. The van der Waals surface area contributed by atoms with Gasteiger partial charge in [-0.15, -0.1) is 0 Å². The molecule has 0 bridgehead atoms. The molecule has 0 aliphatic carbocycles. The molecule has 33 heavy (non-hydrogen) atoms. The molecule has 0 aromatic heterocycles. The Hall–Kier alpha value is -2.29. The Labute approximate surface area is 195 Å². The van der Waals surface area contributed by atoms with Crippen LogP contribution in [0.15, 0.2) is 18.2 Å². The number of imide groups is 1. The fraction of sp³-hybridized carbons (Fsp3) is 0.640. The lowest BCUT2D eigenvalue weighted by molar-refractivity contribution is -0.136. The zero-order valence-corrected chi connectivity index (χ0v) is 19.4. The van der Waals surface area contributed by atoms with E-state index in [1.165, 1.54) is 44.5 Å². The highest BCUT2D eigenvalue weighted by atomic mass is 16.2. The van der Waals surface area contributed by atoms with Gasteiger partial charge >= 0.3 is 0 Å². The van der Waals surface area contributed by atoms with E-state index >= 15 is 0 Å². The zero-order valence-electron chi connectivity index (χ0n) is 19.4. The van der Waals surface area contributed by atoms with Gasteiger partial charge in [0.1, 0.15) is 6.04 Å². The first-order valence-electron chi connectivity index (χ1n) is 12.5. The fourth-order valence-corrected chi connectivity index (χ4v) is 5.77. The number of carbonyl (C=O) groups excluding carboxylic acids is 3. The number of rotatable bonds is 6. The number of carbonyl (C=O) groups is 3. The largest absolute Gasteiger partial charge is 0.322 e. The summed E-state index contributed by atoms with van der Waals surface area (Å²) in [5.41, 5.74) is 2.95. The van der Waals surface area contributed by atoms with Crippen molar-refractivity contribution in [2.24, 2.45) is 5.92 Å². The van der Waals surface area contributed by atoms with Crippen LogP contribution in [-0.2, 0) is 22.7 Å². The van der Waals surface area contributed by atoms with Gasteiger partial charge in [0.25, 0.3) is 5.91 Å². The van der Waals surface area contributed by atoms with E-state index < -0.39 is 6.04 Å². The molecule has 3 fully saturated rings. The molecule has 178 valence electrons. The van der Waals surface area contributed by atoms with Crippen molar-refractivity contribution >= 4 is 17.7 Å². The molecule has 0 saturated carbocycles. The average Bonchev–Trinajstić information content (AvgIpc) is 3.16. The Kier molecular flexibility index (Phi) is 6.76. The van der Waals surface area contributed by atoms with E-state index in [9.17, 15) is 14.4 Å². The second-order valence-corrected chi connectivity index (χ2v) is 9.94. The molecular formula is C25H35N5O3. The second-order valence-electron chi connectivity index (χ2n) is 9.94. The predicted octanol–water partition coefficient (Wildman–Crippen LogP) is 0.955. The third kappa shape index (κ3) is 4.98. The van der Waals surface area contributed by atoms with Gasteiger partial charge in [-0.25, -0.2) is 0 Å². The summed E-state index contributed by atoms with van der Waals surface area (Å²) in [6, 6.07) is 5.40. The summed E-state index contributed by atoms with van der Waals surface area (Å²) in [6.07, 6.45) is 4.46. The molecule has 8 nitrogen and oxygen atoms in total. The lowest BCUT2D eigenvalue weighted by Crippen LogP contribution is -2.52. The van der Waals surface area contributed by atoms with Gasteiger partial charge in [0.15, 0.2) is 0 Å². The van der Waals surface area contributed by atoms with Gasteiger partial charge in [0.05, 0.1) is 0 Å². The molecule has 1 aromatic rings. The Morgan fingerprint density at radius 2 is 1.73 bits per heavy atom. The van der Waals surface area contributed by atoms with Crippen molar-refractivity contribution in [3.63, 3.8) is 0 Å². The van der Waals surface area contributed by atoms with Gasteiger partial charge in [0.2, 0.25) is 11.8 Å². The number of fused-ring (bicyclic) bond motifs is 1. The van der Waals surface area contributed by atoms with Crippen LogP contribution in [0.2, 0.25) is 0 Å². The highest BCUT2D eigenvalue weighted by molar-refractivity contribution is 6.05. The summed E-state index contributed by atoms with van der Waals surface area (Å²) < 4.78 is 0. The molecule has 0 spiro atoms. The standard InChI is InChI=1S/C25H35N5O3/c31-23-5-4-22(24(32)27-23)30-17-21-19(2-1-3-20(21)25(30)33)16-29-12-7-18(8-13-29)6-11-28-14-9-26-10-15-28/h1-3,18,22,26H,4-17H2,(H,27,31,32). The first-order chi connectivity index (χ1) is 16.1. The number of piperazine rings is 1. The molecule has 2 N–H and O–H groups in total. The Balaban J connectivity index is 1.16. The van der Waals surface area contributed by atoms with Crippen LogP contribution in [0.1, 0.15) is 53.6 Å². The van der Waals surface area contributed by atoms with E-state index in [-0.39, 0.29) is 24.1 Å². The molecule has 4 aliphatic heterocycles. The first kappa shape index (κ1) is 22.5. The van der Waals surface area contributed by atoms with Crippen molar-refractivity contribution in [3.05, 3.63) is 34.9 Å². The second kappa shape index (κ2) is 9.91. The lowest BCUT2D eigenvalue weighted by atomic mass is 9.92. The minimum absolute atomic E-state index is 0.0898. The highest BCUT2D eigenvalue weighted by Gasteiger charge is 2.39. The maximum absolute atomic E-state index is 13.1. The van der Waals surface area contributed by atoms with E-state index in [4.69, 9.17) is 0 Å². The van der Waals surface area contributed by atoms with Crippen LogP contribution in [0, 0.1) is 5.92 Å². The molecular weight excluding hydrogens is 418 g/mol. The van der Waals surface area contributed by atoms with Crippen LogP contribution in [-0.4, -0.2) is 84.3 Å². The number of nitrogens with one attached hydrogen (secondary N) is 2. The number of amides is 3. The van der Waals surface area contributed by atoms with Gasteiger partial charge in [-0.2, -0.15) is 0 Å². The van der Waals surface area contributed by atoms with Gasteiger partial charge in [0, 0.05) is 51.3 Å². The van der Waals surface area contributed by atoms with E-state index in [1.54, 1.807) is 4.90 Å². The van der Waals surface area contributed by atoms with Crippen molar-refractivity contribution in [1.29, 1.82) is 0 Å². The Bertz CT molecular complexity index is 905. The van der Waals surface area contributed by atoms with Crippen LogP contribution in [0.5, 0.6) is 0 Å². The van der Waals surface area contributed by atoms with Crippen LogP contribution in [0.4, 0.5) is 0 Å². The highest BCUT2D eigenvalue weighted by Crippen LogP contribution is 2.31. The van der Waals surface area contributed by atoms with Crippen molar-refractivity contribution in [1.82, 2.24) is 25.3 Å². The molecule has 4 heterocycles. The monoisotopic (exact) mass is 453 g/mol. The Morgan fingerprint density at radius 1 is 0.939 bits per heavy atom. The quantitative estimate of drug-likeness (QED) is 0.624. The molecule has 8 heteroatoms. The van der Waals surface area contributed by atoms with Crippen LogP contribution < -0.4 is 10.6 Å². The van der Waals surface area contributed by atoms with Crippen molar-refractivity contribution in [3.8, 4) is 0 Å². The summed E-state index contributed by atoms with van der Waals surface area (Å²) >= 11 is 0. The minimum Gasteiger partial charge on any atom is -0.322 e. The SMILES string of the molecule is O=C1CCC(N2Cc3c(CN4CCC(CCN5CCNCC5)CC4)cccc3C2=O)C(=O)N1. The maximum Gasteiger partial charge on any atom is 0.255 e. The zero-order chi connectivity index (χ0) is 22.8. The van der Waals surface area contributed by atoms with Gasteiger partial charge < -0.3 is 15.1 Å². The summed E-state index contributed by atoms with van der Waals surface area (Å²) in [7, 11) is 0. The molecule has 3 amide bonds. The summed E-state index contributed by atoms with van der Waals surface area (Å²) in [5.74, 6) is 0.115.